The van der Waals surface area contributed by atoms with Crippen LogP contribution in [0, 0.1) is 0 Å². The van der Waals surface area contributed by atoms with E-state index in [1.54, 1.807) is 10.8 Å². The Balaban J connectivity index is 1.96. The smallest absolute Gasteiger partial charge is 0.295 e. The van der Waals surface area contributed by atoms with E-state index >= 15 is 0 Å². The van der Waals surface area contributed by atoms with Crippen molar-refractivity contribution in [3.63, 3.8) is 0 Å². The summed E-state index contributed by atoms with van der Waals surface area (Å²) in [5.41, 5.74) is 12.1. The summed E-state index contributed by atoms with van der Waals surface area (Å²) >= 11 is 0. The fraction of sp³-hybridized carbons (Fsp3) is 0. The number of hydrogen-bond acceptors (Lipinski definition) is 7. The molecular weight excluding hydrogens is 428 g/mol. The Morgan fingerprint density at radius 3 is 1.82 bits per heavy atom. The molecule has 28 heavy (non-hydrogen) atoms. The summed E-state index contributed by atoms with van der Waals surface area (Å²) in [5, 5.41) is 3.26. The van der Waals surface area contributed by atoms with E-state index < -0.39 is 31.1 Å². The standard InChI is InChI=1S/C16H16N2O7S3/c17-13-8-26(9-14(13)18)15-6-3-11(7-16(15)28(22,23)24)25-10-1-4-12(5-2-10)27(19,20)21/h1-9,26H,17-18H2,(H,19,20,21)(H,22,23,24). The van der Waals surface area contributed by atoms with Crippen molar-refractivity contribution >= 4 is 31.1 Å². The van der Waals surface area contributed by atoms with Crippen molar-refractivity contribution in [3.8, 4) is 11.5 Å². The van der Waals surface area contributed by atoms with Crippen LogP contribution in [0.4, 0.5) is 0 Å². The first kappa shape index (κ1) is 20.2. The van der Waals surface area contributed by atoms with Gasteiger partial charge in [-0.1, -0.05) is 0 Å². The largest absolute Gasteiger partial charge is 0.457 e. The van der Waals surface area contributed by atoms with Gasteiger partial charge in [-0.05, 0) is 47.2 Å². The molecule has 0 aliphatic carbocycles. The maximum atomic E-state index is 11.8. The molecule has 0 atom stereocenters. The molecule has 9 nitrogen and oxygen atoms in total. The molecule has 150 valence electrons. The Labute approximate surface area is 164 Å². The number of thiol groups is 1. The fourth-order valence-electron chi connectivity index (χ4n) is 2.42. The summed E-state index contributed by atoms with van der Waals surface area (Å²) in [7, 11) is -10.2. The monoisotopic (exact) mass is 444 g/mol. The molecule has 0 spiro atoms. The zero-order valence-corrected chi connectivity index (χ0v) is 16.6. The minimum Gasteiger partial charge on any atom is -0.457 e. The van der Waals surface area contributed by atoms with Gasteiger partial charge in [0.25, 0.3) is 20.2 Å². The number of rotatable bonds is 5. The van der Waals surface area contributed by atoms with Crippen LogP contribution in [0.2, 0.25) is 0 Å². The van der Waals surface area contributed by atoms with Crippen LogP contribution in [0.5, 0.6) is 11.5 Å². The van der Waals surface area contributed by atoms with Gasteiger partial charge in [-0.2, -0.15) is 27.7 Å². The van der Waals surface area contributed by atoms with Crippen LogP contribution < -0.4 is 16.2 Å². The summed E-state index contributed by atoms with van der Waals surface area (Å²) in [5.74, 6) is 0.292. The van der Waals surface area contributed by atoms with Crippen LogP contribution in [-0.2, 0) is 20.2 Å². The third-order valence-corrected chi connectivity index (χ3v) is 7.71. The molecular formula is C16H16N2O7S3. The van der Waals surface area contributed by atoms with Crippen molar-refractivity contribution in [2.24, 2.45) is 11.5 Å². The average Bonchev–Trinajstić information content (AvgIpc) is 2.92. The Morgan fingerprint density at radius 1 is 0.786 bits per heavy atom. The SMILES string of the molecule is NC1=C[SH](c2ccc(Oc3ccc(S(=O)(=O)O)cc3)cc2S(=O)(=O)O)C=C1N. The highest BCUT2D eigenvalue weighted by Crippen LogP contribution is 2.48. The zero-order valence-electron chi connectivity index (χ0n) is 14.1. The molecule has 6 N–H and O–H groups in total. The van der Waals surface area contributed by atoms with Gasteiger partial charge in [-0.3, -0.25) is 9.11 Å². The fourth-order valence-corrected chi connectivity index (χ4v) is 5.97. The van der Waals surface area contributed by atoms with Crippen molar-refractivity contribution in [1.82, 2.24) is 0 Å². The van der Waals surface area contributed by atoms with E-state index in [0.29, 0.717) is 16.3 Å². The van der Waals surface area contributed by atoms with Gasteiger partial charge in [0.15, 0.2) is 0 Å². The molecule has 0 saturated carbocycles. The van der Waals surface area contributed by atoms with Crippen LogP contribution in [0.3, 0.4) is 0 Å². The highest BCUT2D eigenvalue weighted by Gasteiger charge is 2.22. The van der Waals surface area contributed by atoms with E-state index in [0.717, 1.165) is 18.2 Å². The number of hydrogen-bond donors (Lipinski definition) is 5. The molecule has 0 saturated heterocycles. The molecule has 2 aromatic carbocycles. The molecule has 0 amide bonds. The third-order valence-electron chi connectivity index (χ3n) is 3.73. The first-order valence-corrected chi connectivity index (χ1v) is 11.9. The highest BCUT2D eigenvalue weighted by molar-refractivity contribution is 8.22. The quantitative estimate of drug-likeness (QED) is 0.341. The maximum absolute atomic E-state index is 11.8. The minimum atomic E-state index is -4.56. The molecule has 0 unspecified atom stereocenters. The van der Waals surface area contributed by atoms with E-state index in [9.17, 15) is 21.4 Å². The number of ether oxygens (including phenoxy) is 1. The van der Waals surface area contributed by atoms with Gasteiger partial charge in [-0.25, -0.2) is 0 Å². The second kappa shape index (κ2) is 7.14. The lowest BCUT2D eigenvalue weighted by molar-refractivity contribution is 0.467. The third kappa shape index (κ3) is 4.31. The van der Waals surface area contributed by atoms with Crippen LogP contribution >= 0.6 is 10.9 Å². The van der Waals surface area contributed by atoms with Crippen LogP contribution in [0.1, 0.15) is 0 Å². The lowest BCUT2D eigenvalue weighted by atomic mass is 10.3. The Bertz CT molecular complexity index is 1180. The summed E-state index contributed by atoms with van der Waals surface area (Å²) in [6.45, 7) is 0. The average molecular weight is 445 g/mol. The van der Waals surface area contributed by atoms with Gasteiger partial charge in [0.05, 0.1) is 16.3 Å². The van der Waals surface area contributed by atoms with Crippen molar-refractivity contribution in [1.29, 1.82) is 0 Å². The molecule has 0 fully saturated rings. The first-order chi connectivity index (χ1) is 12.9. The van der Waals surface area contributed by atoms with Gasteiger partial charge in [0.1, 0.15) is 16.4 Å². The molecule has 12 heteroatoms. The van der Waals surface area contributed by atoms with Crippen LogP contribution in [0.15, 0.2) is 79.4 Å². The second-order valence-electron chi connectivity index (χ2n) is 5.73. The first-order valence-electron chi connectivity index (χ1n) is 7.55. The number of nitrogens with two attached hydrogens (primary N) is 2. The lowest BCUT2D eigenvalue weighted by Crippen LogP contribution is -2.05. The molecule has 1 aliphatic heterocycles. The predicted molar refractivity (Wildman–Crippen MR) is 104 cm³/mol. The predicted octanol–water partition coefficient (Wildman–Crippen LogP) is 1.95. The molecule has 0 bridgehead atoms. The second-order valence-corrected chi connectivity index (χ2v) is 10.4. The van der Waals surface area contributed by atoms with Gasteiger partial charge >= 0.3 is 0 Å². The summed E-state index contributed by atoms with van der Waals surface area (Å²) in [4.78, 5) is -0.331. The normalized spacial score (nSPS) is 15.9. The Hall–Kier alpha value is -2.51. The molecule has 3 rings (SSSR count). The van der Waals surface area contributed by atoms with E-state index in [4.69, 9.17) is 20.8 Å². The van der Waals surface area contributed by atoms with Gasteiger partial charge in [-0.15, -0.1) is 0 Å². The van der Waals surface area contributed by atoms with Gasteiger partial charge in [0, 0.05) is 11.0 Å². The molecule has 0 radical (unpaired) electrons. The molecule has 1 heterocycles. The summed E-state index contributed by atoms with van der Waals surface area (Å²) in [6, 6.07) is 8.97. The van der Waals surface area contributed by atoms with Gasteiger partial charge in [0.2, 0.25) is 0 Å². The van der Waals surface area contributed by atoms with E-state index in [1.807, 2.05) is 0 Å². The van der Waals surface area contributed by atoms with Crippen molar-refractivity contribution in [3.05, 3.63) is 64.7 Å². The molecule has 1 aliphatic rings. The minimum absolute atomic E-state index is 0.0964. The van der Waals surface area contributed by atoms with E-state index in [1.165, 1.54) is 24.3 Å². The highest BCUT2D eigenvalue weighted by atomic mass is 32.2. The maximum Gasteiger partial charge on any atom is 0.295 e. The van der Waals surface area contributed by atoms with Crippen molar-refractivity contribution in [2.75, 3.05) is 0 Å². The molecule has 0 aromatic heterocycles. The Morgan fingerprint density at radius 2 is 1.32 bits per heavy atom. The van der Waals surface area contributed by atoms with Crippen molar-refractivity contribution < 1.29 is 30.7 Å². The lowest BCUT2D eigenvalue weighted by Gasteiger charge is -2.16. The summed E-state index contributed by atoms with van der Waals surface area (Å²) in [6.07, 6.45) is 0. The van der Waals surface area contributed by atoms with E-state index in [2.05, 4.69) is 0 Å². The van der Waals surface area contributed by atoms with Gasteiger partial charge < -0.3 is 16.2 Å². The number of benzene rings is 2. The molecule has 2 aromatic rings. The topological polar surface area (TPSA) is 170 Å². The van der Waals surface area contributed by atoms with Crippen LogP contribution in [-0.4, -0.2) is 25.9 Å². The summed E-state index contributed by atoms with van der Waals surface area (Å²) < 4.78 is 69.9. The zero-order chi connectivity index (χ0) is 20.7. The Kier molecular flexibility index (Phi) is 5.16. The van der Waals surface area contributed by atoms with Crippen molar-refractivity contribution in [2.45, 2.75) is 14.7 Å². The van der Waals surface area contributed by atoms with E-state index in [-0.39, 0.29) is 21.3 Å². The van der Waals surface area contributed by atoms with Crippen LogP contribution in [0.25, 0.3) is 0 Å².